The van der Waals surface area contributed by atoms with Crippen molar-refractivity contribution in [3.8, 4) is 34.2 Å². The number of aromatic nitrogens is 6. The first-order valence-electron chi connectivity index (χ1n) is 21.2. The molecule has 0 atom stereocenters. The van der Waals surface area contributed by atoms with Crippen molar-refractivity contribution in [3.63, 3.8) is 0 Å². The van der Waals surface area contributed by atoms with Gasteiger partial charge >= 0.3 is 0 Å². The van der Waals surface area contributed by atoms with Gasteiger partial charge in [-0.1, -0.05) is 107 Å². The molecular formula is C54H56N6. The normalized spacial score (nSPS) is 13.0. The van der Waals surface area contributed by atoms with Gasteiger partial charge in [0, 0.05) is 57.5 Å². The van der Waals surface area contributed by atoms with E-state index in [4.69, 9.17) is 19.9 Å². The van der Waals surface area contributed by atoms with E-state index in [2.05, 4.69) is 177 Å². The fraction of sp³-hybridized carbons (Fsp3) is 0.296. The summed E-state index contributed by atoms with van der Waals surface area (Å²) in [6.07, 6.45) is 7.33. The summed E-state index contributed by atoms with van der Waals surface area (Å²) in [6, 6.07) is 36.2. The van der Waals surface area contributed by atoms with Crippen molar-refractivity contribution in [2.45, 2.75) is 105 Å². The van der Waals surface area contributed by atoms with Gasteiger partial charge in [0.15, 0.2) is 11.6 Å². The lowest BCUT2D eigenvalue weighted by atomic mass is 9.85. The summed E-state index contributed by atoms with van der Waals surface area (Å²) in [6.45, 7) is 27.4. The predicted octanol–water partition coefficient (Wildman–Crippen LogP) is 14.0. The molecule has 0 fully saturated rings. The van der Waals surface area contributed by atoms with Crippen molar-refractivity contribution in [3.05, 3.63) is 144 Å². The second-order valence-corrected chi connectivity index (χ2v) is 20.6. The van der Waals surface area contributed by atoms with Gasteiger partial charge in [0.1, 0.15) is 0 Å². The van der Waals surface area contributed by atoms with Crippen LogP contribution in [-0.2, 0) is 21.7 Å². The lowest BCUT2D eigenvalue weighted by molar-refractivity contribution is 0.590. The molecule has 9 aromatic rings. The first-order chi connectivity index (χ1) is 28.3. The summed E-state index contributed by atoms with van der Waals surface area (Å²) in [5.74, 6) is 1.29. The molecule has 4 aromatic heterocycles. The molecule has 6 nitrogen and oxygen atoms in total. The van der Waals surface area contributed by atoms with Crippen LogP contribution in [0.25, 0.3) is 77.8 Å². The highest BCUT2D eigenvalue weighted by Crippen LogP contribution is 2.44. The van der Waals surface area contributed by atoms with Crippen LogP contribution in [0, 0.1) is 0 Å². The van der Waals surface area contributed by atoms with Gasteiger partial charge in [-0.05, 0) is 117 Å². The first-order valence-corrected chi connectivity index (χ1v) is 21.2. The zero-order chi connectivity index (χ0) is 42.5. The van der Waals surface area contributed by atoms with Crippen LogP contribution < -0.4 is 0 Å². The fourth-order valence-corrected chi connectivity index (χ4v) is 8.61. The molecule has 6 heteroatoms. The van der Waals surface area contributed by atoms with Crippen molar-refractivity contribution in [1.29, 1.82) is 0 Å². The topological polar surface area (TPSA) is 61.4 Å². The van der Waals surface area contributed by atoms with Crippen molar-refractivity contribution >= 4 is 43.6 Å². The zero-order valence-electron chi connectivity index (χ0n) is 37.2. The lowest BCUT2D eigenvalue weighted by Crippen LogP contribution is -2.10. The highest BCUT2D eigenvalue weighted by atomic mass is 15.0. The Hall–Kier alpha value is -6.14. The molecule has 9 rings (SSSR count). The largest absolute Gasteiger partial charge is 0.308 e. The summed E-state index contributed by atoms with van der Waals surface area (Å²) in [5, 5.41) is 4.88. The number of benzene rings is 5. The maximum atomic E-state index is 4.93. The van der Waals surface area contributed by atoms with Crippen LogP contribution in [0.4, 0.5) is 0 Å². The highest BCUT2D eigenvalue weighted by Gasteiger charge is 2.27. The van der Waals surface area contributed by atoms with E-state index >= 15 is 0 Å². The van der Waals surface area contributed by atoms with Crippen molar-refractivity contribution in [1.82, 2.24) is 29.1 Å². The van der Waals surface area contributed by atoms with E-state index in [9.17, 15) is 0 Å². The molecule has 0 unspecified atom stereocenters. The molecule has 60 heavy (non-hydrogen) atoms. The third-order valence-electron chi connectivity index (χ3n) is 12.2. The van der Waals surface area contributed by atoms with E-state index in [1.165, 1.54) is 43.8 Å². The smallest absolute Gasteiger partial charge is 0.161 e. The minimum atomic E-state index is -0.0175. The average molecular weight is 789 g/mol. The number of fused-ring (bicyclic) bond motifs is 6. The molecular weight excluding hydrogens is 733 g/mol. The molecule has 0 spiro atoms. The Labute approximate surface area is 354 Å². The summed E-state index contributed by atoms with van der Waals surface area (Å²) >= 11 is 0. The second-order valence-electron chi connectivity index (χ2n) is 20.6. The number of hydrogen-bond acceptors (Lipinski definition) is 4. The van der Waals surface area contributed by atoms with Crippen molar-refractivity contribution in [2.75, 3.05) is 0 Å². The zero-order valence-corrected chi connectivity index (χ0v) is 37.2. The molecule has 0 aliphatic rings. The molecule has 0 amide bonds. The average Bonchev–Trinajstić information content (AvgIpc) is 3.71. The third kappa shape index (κ3) is 6.67. The molecule has 0 N–H and O–H groups in total. The van der Waals surface area contributed by atoms with Gasteiger partial charge < -0.3 is 9.13 Å². The summed E-state index contributed by atoms with van der Waals surface area (Å²) in [4.78, 5) is 19.7. The van der Waals surface area contributed by atoms with Crippen molar-refractivity contribution in [2.24, 2.45) is 0 Å². The van der Waals surface area contributed by atoms with Crippen LogP contribution >= 0.6 is 0 Å². The molecule has 0 saturated heterocycles. The van der Waals surface area contributed by atoms with Gasteiger partial charge in [0.2, 0.25) is 0 Å². The maximum Gasteiger partial charge on any atom is 0.161 e. The van der Waals surface area contributed by atoms with Crippen molar-refractivity contribution < 1.29 is 0 Å². The van der Waals surface area contributed by atoms with E-state index in [-0.39, 0.29) is 21.7 Å². The second kappa shape index (κ2) is 13.7. The van der Waals surface area contributed by atoms with Gasteiger partial charge in [-0.15, -0.1) is 0 Å². The predicted molar refractivity (Wildman–Crippen MR) is 252 cm³/mol. The minimum Gasteiger partial charge on any atom is -0.308 e. The van der Waals surface area contributed by atoms with E-state index in [1.54, 1.807) is 0 Å². The molecule has 0 bridgehead atoms. The van der Waals surface area contributed by atoms with Crippen LogP contribution in [0.15, 0.2) is 122 Å². The summed E-state index contributed by atoms with van der Waals surface area (Å²) < 4.78 is 4.81. The quantitative estimate of drug-likeness (QED) is 0.178. The van der Waals surface area contributed by atoms with Gasteiger partial charge in [-0.25, -0.2) is 19.9 Å². The monoisotopic (exact) mass is 788 g/mol. The maximum absolute atomic E-state index is 4.93. The van der Waals surface area contributed by atoms with Crippen LogP contribution in [-0.4, -0.2) is 29.1 Å². The number of hydrogen-bond donors (Lipinski definition) is 0. The Bertz CT molecular complexity index is 2750. The first kappa shape index (κ1) is 39.3. The van der Waals surface area contributed by atoms with E-state index in [0.717, 1.165) is 44.6 Å². The van der Waals surface area contributed by atoms with Crippen LogP contribution in [0.2, 0.25) is 0 Å². The van der Waals surface area contributed by atoms with Crippen LogP contribution in [0.5, 0.6) is 0 Å². The molecule has 0 saturated carbocycles. The Kier molecular flexibility index (Phi) is 8.98. The molecule has 0 aliphatic carbocycles. The Morgan fingerprint density at radius 1 is 0.333 bits per heavy atom. The van der Waals surface area contributed by atoms with Gasteiger partial charge in [0.05, 0.1) is 33.4 Å². The minimum absolute atomic E-state index is 0.0175. The lowest BCUT2D eigenvalue weighted by Gasteiger charge is -2.21. The third-order valence-corrected chi connectivity index (χ3v) is 12.2. The molecule has 4 heterocycles. The number of rotatable bonds is 4. The Balaban J connectivity index is 1.45. The molecule has 5 aromatic carbocycles. The Morgan fingerprint density at radius 3 is 0.817 bits per heavy atom. The van der Waals surface area contributed by atoms with E-state index in [1.807, 2.05) is 36.9 Å². The molecule has 302 valence electrons. The van der Waals surface area contributed by atoms with Gasteiger partial charge in [0.25, 0.3) is 0 Å². The highest BCUT2D eigenvalue weighted by molar-refractivity contribution is 6.12. The Morgan fingerprint density at radius 2 is 0.583 bits per heavy atom. The van der Waals surface area contributed by atoms with Gasteiger partial charge in [-0.3, -0.25) is 0 Å². The fourth-order valence-electron chi connectivity index (χ4n) is 8.61. The standard InChI is InChI=1S/C54H56N6/c1-51(2,3)33-15-19-43-37(27-33)38-28-34(52(4,5)6)16-20-44(38)59(43)47-31-42(50-57-25-14-26-58-50)48(32-41(47)49-55-23-13-24-56-49)60-45-21-17-35(53(7,8)9)29-39(45)40-30-36(54(10,11)12)18-22-46(40)60/h13-32H,1-12H3. The van der Waals surface area contributed by atoms with Gasteiger partial charge in [-0.2, -0.15) is 0 Å². The SMILES string of the molecule is CC(C)(C)c1ccc2c(c1)c1cc(C(C)(C)C)ccc1n2-c1cc(-c2ncccn2)c(-n2c3ccc(C(C)(C)C)cc3c3cc(C(C)(C)C)ccc32)cc1-c1ncccn1. The molecule has 0 radical (unpaired) electrons. The summed E-state index contributed by atoms with van der Waals surface area (Å²) in [7, 11) is 0. The van der Waals surface area contributed by atoms with E-state index < -0.39 is 0 Å². The number of nitrogens with zero attached hydrogens (tertiary/aromatic N) is 6. The molecule has 0 aliphatic heterocycles. The van der Waals surface area contributed by atoms with Crippen LogP contribution in [0.3, 0.4) is 0 Å². The summed E-state index contributed by atoms with van der Waals surface area (Å²) in [5.41, 5.74) is 13.4. The van der Waals surface area contributed by atoms with Crippen LogP contribution in [0.1, 0.15) is 105 Å². The van der Waals surface area contributed by atoms with E-state index in [0.29, 0.717) is 11.6 Å².